The Morgan fingerprint density at radius 2 is 1.81 bits per heavy atom. The summed E-state index contributed by atoms with van der Waals surface area (Å²) in [6, 6.07) is 1.39. The molecular weight excluding hydrogens is 220 g/mol. The average molecular weight is 247 g/mol. The predicted molar refractivity (Wildman–Crippen MR) is 72.3 cm³/mol. The first-order valence-corrected chi connectivity index (χ1v) is 6.75. The molecule has 1 saturated heterocycles. The van der Waals surface area contributed by atoms with Gasteiger partial charge in [-0.25, -0.2) is 0 Å². The lowest BCUT2D eigenvalue weighted by Crippen LogP contribution is -2.56. The fraction of sp³-hybridized carbons (Fsp3) is 1.00. The summed E-state index contributed by atoms with van der Waals surface area (Å²) in [7, 11) is 0. The Hall–Kier alpha value is 0.210. The lowest BCUT2D eigenvalue weighted by atomic mass is 9.88. The van der Waals surface area contributed by atoms with Crippen molar-refractivity contribution in [1.82, 2.24) is 10.2 Å². The van der Waals surface area contributed by atoms with Crippen molar-refractivity contribution in [2.45, 2.75) is 58.0 Å². The van der Waals surface area contributed by atoms with Gasteiger partial charge in [0.1, 0.15) is 0 Å². The van der Waals surface area contributed by atoms with Crippen LogP contribution >= 0.6 is 12.4 Å². The summed E-state index contributed by atoms with van der Waals surface area (Å²) in [6.07, 6.45) is 7.38. The summed E-state index contributed by atoms with van der Waals surface area (Å²) in [4.78, 5) is 2.71. The van der Waals surface area contributed by atoms with E-state index in [0.29, 0.717) is 6.04 Å². The zero-order valence-corrected chi connectivity index (χ0v) is 11.6. The van der Waals surface area contributed by atoms with Crippen LogP contribution in [0.2, 0.25) is 0 Å². The van der Waals surface area contributed by atoms with Gasteiger partial charge in [-0.1, -0.05) is 19.3 Å². The van der Waals surface area contributed by atoms with Crippen molar-refractivity contribution in [2.24, 2.45) is 5.92 Å². The molecule has 0 aromatic carbocycles. The molecule has 0 spiro atoms. The highest BCUT2D eigenvalue weighted by molar-refractivity contribution is 5.85. The zero-order chi connectivity index (χ0) is 10.7. The standard InChI is InChI=1S/C13H26N2.ClH/c1-11-12(2)15(9-8-14-11)10-13-6-4-3-5-7-13;/h11-14H,3-10H2,1-2H3;1H. The maximum atomic E-state index is 3.56. The Bertz CT molecular complexity index is 192. The van der Waals surface area contributed by atoms with E-state index in [2.05, 4.69) is 24.1 Å². The van der Waals surface area contributed by atoms with Gasteiger partial charge in [0, 0.05) is 31.7 Å². The highest BCUT2D eigenvalue weighted by Crippen LogP contribution is 2.25. The smallest absolute Gasteiger partial charge is 0.0219 e. The van der Waals surface area contributed by atoms with Crippen LogP contribution in [0.25, 0.3) is 0 Å². The van der Waals surface area contributed by atoms with Crippen LogP contribution in [0.1, 0.15) is 46.0 Å². The number of hydrogen-bond acceptors (Lipinski definition) is 2. The van der Waals surface area contributed by atoms with E-state index in [-0.39, 0.29) is 12.4 Å². The van der Waals surface area contributed by atoms with Crippen LogP contribution in [-0.2, 0) is 0 Å². The SMILES string of the molecule is CC1NCCN(CC2CCCCC2)C1C.Cl. The van der Waals surface area contributed by atoms with Crippen molar-refractivity contribution in [3.63, 3.8) is 0 Å². The minimum Gasteiger partial charge on any atom is -0.311 e. The molecule has 2 unspecified atom stereocenters. The van der Waals surface area contributed by atoms with Gasteiger partial charge in [0.25, 0.3) is 0 Å². The van der Waals surface area contributed by atoms with Crippen molar-refractivity contribution in [2.75, 3.05) is 19.6 Å². The molecule has 2 nitrogen and oxygen atoms in total. The van der Waals surface area contributed by atoms with Crippen LogP contribution in [0.15, 0.2) is 0 Å². The van der Waals surface area contributed by atoms with Gasteiger partial charge in [-0.3, -0.25) is 4.90 Å². The van der Waals surface area contributed by atoms with Gasteiger partial charge in [-0.2, -0.15) is 0 Å². The summed E-state index contributed by atoms with van der Waals surface area (Å²) in [6.45, 7) is 8.48. The van der Waals surface area contributed by atoms with Gasteiger partial charge in [0.05, 0.1) is 0 Å². The summed E-state index contributed by atoms with van der Waals surface area (Å²) < 4.78 is 0. The van der Waals surface area contributed by atoms with Crippen LogP contribution in [-0.4, -0.2) is 36.6 Å². The third-order valence-electron chi connectivity index (χ3n) is 4.38. The number of hydrogen-bond donors (Lipinski definition) is 1. The lowest BCUT2D eigenvalue weighted by molar-refractivity contribution is 0.107. The van der Waals surface area contributed by atoms with Crippen LogP contribution in [0.3, 0.4) is 0 Å². The Balaban J connectivity index is 0.00000128. The number of rotatable bonds is 2. The van der Waals surface area contributed by atoms with Crippen LogP contribution in [0.5, 0.6) is 0 Å². The molecule has 0 aromatic rings. The number of halogens is 1. The van der Waals surface area contributed by atoms with E-state index in [1.54, 1.807) is 0 Å². The number of nitrogens with one attached hydrogen (secondary N) is 1. The molecule has 1 heterocycles. The molecule has 2 aliphatic rings. The maximum Gasteiger partial charge on any atom is 0.0219 e. The second-order valence-corrected chi connectivity index (χ2v) is 5.48. The molecule has 16 heavy (non-hydrogen) atoms. The fourth-order valence-corrected chi connectivity index (χ4v) is 3.09. The topological polar surface area (TPSA) is 15.3 Å². The van der Waals surface area contributed by atoms with Gasteiger partial charge in [0.2, 0.25) is 0 Å². The summed E-state index contributed by atoms with van der Waals surface area (Å²) in [5, 5.41) is 3.56. The second-order valence-electron chi connectivity index (χ2n) is 5.48. The minimum atomic E-state index is 0. The van der Waals surface area contributed by atoms with E-state index >= 15 is 0 Å². The first-order valence-electron chi connectivity index (χ1n) is 6.75. The summed E-state index contributed by atoms with van der Waals surface area (Å²) >= 11 is 0. The Morgan fingerprint density at radius 1 is 1.12 bits per heavy atom. The van der Waals surface area contributed by atoms with Gasteiger partial charge in [-0.05, 0) is 32.6 Å². The van der Waals surface area contributed by atoms with E-state index in [1.807, 2.05) is 0 Å². The molecule has 96 valence electrons. The number of piperazine rings is 1. The lowest BCUT2D eigenvalue weighted by Gasteiger charge is -2.41. The van der Waals surface area contributed by atoms with Gasteiger partial charge in [-0.15, -0.1) is 12.4 Å². The molecule has 1 N–H and O–H groups in total. The number of nitrogens with zero attached hydrogens (tertiary/aromatic N) is 1. The Labute approximate surface area is 107 Å². The molecule has 2 fully saturated rings. The summed E-state index contributed by atoms with van der Waals surface area (Å²) in [5.41, 5.74) is 0. The largest absolute Gasteiger partial charge is 0.311 e. The molecule has 0 bridgehead atoms. The normalized spacial score (nSPS) is 33.4. The van der Waals surface area contributed by atoms with E-state index in [0.717, 1.165) is 12.0 Å². The third-order valence-corrected chi connectivity index (χ3v) is 4.38. The van der Waals surface area contributed by atoms with Crippen molar-refractivity contribution in [1.29, 1.82) is 0 Å². The molecule has 1 aliphatic carbocycles. The van der Waals surface area contributed by atoms with E-state index < -0.39 is 0 Å². The zero-order valence-electron chi connectivity index (χ0n) is 10.7. The minimum absolute atomic E-state index is 0. The van der Waals surface area contributed by atoms with Gasteiger partial charge >= 0.3 is 0 Å². The maximum absolute atomic E-state index is 3.56. The molecule has 1 aliphatic heterocycles. The molecule has 2 rings (SSSR count). The third kappa shape index (κ3) is 3.61. The molecule has 0 aromatic heterocycles. The Morgan fingerprint density at radius 3 is 2.50 bits per heavy atom. The molecule has 0 amide bonds. The molecular formula is C13H27ClN2. The molecule has 3 heteroatoms. The van der Waals surface area contributed by atoms with Crippen LogP contribution in [0, 0.1) is 5.92 Å². The molecule has 0 radical (unpaired) electrons. The van der Waals surface area contributed by atoms with Crippen molar-refractivity contribution >= 4 is 12.4 Å². The van der Waals surface area contributed by atoms with Gasteiger partial charge in [0.15, 0.2) is 0 Å². The van der Waals surface area contributed by atoms with Crippen molar-refractivity contribution in [3.05, 3.63) is 0 Å². The first kappa shape index (κ1) is 14.3. The molecule has 1 saturated carbocycles. The van der Waals surface area contributed by atoms with E-state index in [1.165, 1.54) is 51.7 Å². The summed E-state index contributed by atoms with van der Waals surface area (Å²) in [5.74, 6) is 0.992. The average Bonchev–Trinajstić information content (AvgIpc) is 2.26. The van der Waals surface area contributed by atoms with Crippen molar-refractivity contribution < 1.29 is 0 Å². The predicted octanol–water partition coefficient (Wildman–Crippen LogP) is 2.67. The quantitative estimate of drug-likeness (QED) is 0.806. The highest BCUT2D eigenvalue weighted by Gasteiger charge is 2.26. The highest BCUT2D eigenvalue weighted by atomic mass is 35.5. The molecule has 2 atom stereocenters. The van der Waals surface area contributed by atoms with Crippen LogP contribution in [0.4, 0.5) is 0 Å². The fourth-order valence-electron chi connectivity index (χ4n) is 3.09. The Kier molecular flexibility index (Phi) is 6.09. The first-order chi connectivity index (χ1) is 7.27. The van der Waals surface area contributed by atoms with E-state index in [9.17, 15) is 0 Å². The van der Waals surface area contributed by atoms with E-state index in [4.69, 9.17) is 0 Å². The van der Waals surface area contributed by atoms with Crippen LogP contribution < -0.4 is 5.32 Å². The van der Waals surface area contributed by atoms with Crippen molar-refractivity contribution in [3.8, 4) is 0 Å². The monoisotopic (exact) mass is 246 g/mol. The van der Waals surface area contributed by atoms with Gasteiger partial charge < -0.3 is 5.32 Å². The second kappa shape index (κ2) is 6.83.